The molecule has 0 spiro atoms. The normalized spacial score (nSPS) is 11.4. The summed E-state index contributed by atoms with van der Waals surface area (Å²) in [7, 11) is 0. The third-order valence-corrected chi connectivity index (χ3v) is 3.18. The minimum Gasteiger partial charge on any atom is -0.452 e. The van der Waals surface area contributed by atoms with Crippen molar-refractivity contribution in [3.05, 3.63) is 35.4 Å². The maximum atomic E-state index is 11.8. The monoisotopic (exact) mass is 306 g/mol. The van der Waals surface area contributed by atoms with Crippen molar-refractivity contribution in [1.82, 2.24) is 10.6 Å². The van der Waals surface area contributed by atoms with Crippen LogP contribution in [-0.2, 0) is 16.0 Å². The molecule has 0 saturated carbocycles. The van der Waals surface area contributed by atoms with E-state index < -0.39 is 24.5 Å². The number of esters is 1. The van der Waals surface area contributed by atoms with Gasteiger partial charge in [-0.2, -0.15) is 0 Å². The van der Waals surface area contributed by atoms with Gasteiger partial charge in [0.2, 0.25) is 0 Å². The predicted octanol–water partition coefficient (Wildman–Crippen LogP) is 2.03. The number of nitrogens with one attached hydrogen (secondary N) is 2. The van der Waals surface area contributed by atoms with E-state index in [2.05, 4.69) is 10.6 Å². The molecule has 6 heteroatoms. The van der Waals surface area contributed by atoms with E-state index in [1.807, 2.05) is 32.9 Å². The highest BCUT2D eigenvalue weighted by Gasteiger charge is 2.13. The van der Waals surface area contributed by atoms with Crippen LogP contribution in [0, 0.1) is 0 Å². The number of hydrogen-bond donors (Lipinski definition) is 2. The number of hydrogen-bond acceptors (Lipinski definition) is 4. The van der Waals surface area contributed by atoms with Gasteiger partial charge in [0.1, 0.15) is 0 Å². The first kappa shape index (κ1) is 17.7. The summed E-state index contributed by atoms with van der Waals surface area (Å²) in [5, 5.41) is 4.69. The third kappa shape index (κ3) is 5.95. The summed E-state index contributed by atoms with van der Waals surface area (Å²) in [5.74, 6) is -1.26. The predicted molar refractivity (Wildman–Crippen MR) is 82.5 cm³/mol. The molecular weight excluding hydrogens is 284 g/mol. The van der Waals surface area contributed by atoms with Crippen molar-refractivity contribution in [1.29, 1.82) is 0 Å². The van der Waals surface area contributed by atoms with Crippen LogP contribution >= 0.6 is 0 Å². The van der Waals surface area contributed by atoms with Crippen LogP contribution in [0.1, 0.15) is 43.1 Å². The fourth-order valence-electron chi connectivity index (χ4n) is 1.62. The molecular formula is C16H22N2O4. The second kappa shape index (κ2) is 8.81. The molecule has 1 aromatic rings. The molecule has 0 bridgehead atoms. The lowest BCUT2D eigenvalue weighted by atomic mass is 10.1. The van der Waals surface area contributed by atoms with Gasteiger partial charge in [-0.1, -0.05) is 26.0 Å². The zero-order valence-electron chi connectivity index (χ0n) is 13.1. The average Bonchev–Trinajstić information content (AvgIpc) is 2.52. The van der Waals surface area contributed by atoms with Gasteiger partial charge in [0.15, 0.2) is 6.61 Å². The van der Waals surface area contributed by atoms with E-state index in [1.165, 1.54) is 0 Å². The number of ether oxygens (including phenoxy) is 1. The summed E-state index contributed by atoms with van der Waals surface area (Å²) >= 11 is 0. The third-order valence-electron chi connectivity index (χ3n) is 3.18. The average molecular weight is 306 g/mol. The molecule has 0 saturated heterocycles. The standard InChI is InChI=1S/C16H22N2O4/c1-4-11(3)17-16(21)18-14(19)10-22-15(20)13-8-6-12(5-2)7-9-13/h6-9,11H,4-5,10H2,1-3H3,(H2,17,18,19,21)/t11-/m1/s1. The molecule has 1 aromatic carbocycles. The summed E-state index contributed by atoms with van der Waals surface area (Å²) < 4.78 is 4.86. The van der Waals surface area contributed by atoms with Gasteiger partial charge in [-0.05, 0) is 37.5 Å². The summed E-state index contributed by atoms with van der Waals surface area (Å²) in [6, 6.07) is 6.32. The van der Waals surface area contributed by atoms with Crippen LogP contribution in [0.4, 0.5) is 4.79 Å². The lowest BCUT2D eigenvalue weighted by Crippen LogP contribution is -2.44. The number of carbonyl (C=O) groups excluding carboxylic acids is 3. The molecule has 0 aliphatic heterocycles. The number of amides is 3. The smallest absolute Gasteiger partial charge is 0.338 e. The van der Waals surface area contributed by atoms with Gasteiger partial charge < -0.3 is 10.1 Å². The van der Waals surface area contributed by atoms with Crippen LogP contribution in [0.25, 0.3) is 0 Å². The molecule has 0 radical (unpaired) electrons. The highest BCUT2D eigenvalue weighted by Crippen LogP contribution is 2.06. The Morgan fingerprint density at radius 1 is 1.14 bits per heavy atom. The van der Waals surface area contributed by atoms with Gasteiger partial charge in [0.25, 0.3) is 5.91 Å². The molecule has 0 aliphatic rings. The summed E-state index contributed by atoms with van der Waals surface area (Å²) in [5.41, 5.74) is 1.48. The first-order chi connectivity index (χ1) is 10.5. The second-order valence-corrected chi connectivity index (χ2v) is 4.96. The fraction of sp³-hybridized carbons (Fsp3) is 0.438. The Kier molecular flexibility index (Phi) is 7.08. The van der Waals surface area contributed by atoms with Gasteiger partial charge in [-0.15, -0.1) is 0 Å². The van der Waals surface area contributed by atoms with Crippen LogP contribution in [0.5, 0.6) is 0 Å². The lowest BCUT2D eigenvalue weighted by Gasteiger charge is -2.11. The number of carbonyl (C=O) groups is 3. The highest BCUT2D eigenvalue weighted by molar-refractivity contribution is 5.97. The molecule has 1 atom stereocenters. The molecule has 2 N–H and O–H groups in total. The van der Waals surface area contributed by atoms with E-state index in [1.54, 1.807) is 12.1 Å². The van der Waals surface area contributed by atoms with Gasteiger partial charge in [-0.3, -0.25) is 10.1 Å². The van der Waals surface area contributed by atoms with E-state index >= 15 is 0 Å². The van der Waals surface area contributed by atoms with Crippen molar-refractivity contribution in [2.24, 2.45) is 0 Å². The quantitative estimate of drug-likeness (QED) is 0.788. The van der Waals surface area contributed by atoms with E-state index in [0.29, 0.717) is 5.56 Å². The van der Waals surface area contributed by atoms with Crippen LogP contribution in [-0.4, -0.2) is 30.6 Å². The Hall–Kier alpha value is -2.37. The molecule has 0 aliphatic carbocycles. The highest BCUT2D eigenvalue weighted by atomic mass is 16.5. The molecule has 0 fully saturated rings. The van der Waals surface area contributed by atoms with Crippen LogP contribution < -0.4 is 10.6 Å². The summed E-state index contributed by atoms with van der Waals surface area (Å²) in [6.45, 7) is 5.26. The molecule has 3 amide bonds. The first-order valence-electron chi connectivity index (χ1n) is 7.32. The maximum Gasteiger partial charge on any atom is 0.338 e. The Bertz CT molecular complexity index is 525. The maximum absolute atomic E-state index is 11.8. The Morgan fingerprint density at radius 3 is 2.32 bits per heavy atom. The lowest BCUT2D eigenvalue weighted by molar-refractivity contribution is -0.123. The van der Waals surface area contributed by atoms with Gasteiger partial charge >= 0.3 is 12.0 Å². The van der Waals surface area contributed by atoms with Crippen molar-refractivity contribution in [2.45, 2.75) is 39.7 Å². The topological polar surface area (TPSA) is 84.5 Å². The second-order valence-electron chi connectivity index (χ2n) is 4.96. The Balaban J connectivity index is 2.39. The van der Waals surface area contributed by atoms with Crippen molar-refractivity contribution in [2.75, 3.05) is 6.61 Å². The number of imide groups is 1. The largest absolute Gasteiger partial charge is 0.452 e. The molecule has 0 heterocycles. The Labute approximate surface area is 130 Å². The van der Waals surface area contributed by atoms with Crippen molar-refractivity contribution in [3.8, 4) is 0 Å². The molecule has 6 nitrogen and oxygen atoms in total. The zero-order chi connectivity index (χ0) is 16.5. The van der Waals surface area contributed by atoms with E-state index in [0.717, 1.165) is 18.4 Å². The van der Waals surface area contributed by atoms with E-state index in [9.17, 15) is 14.4 Å². The minimum absolute atomic E-state index is 0.0348. The van der Waals surface area contributed by atoms with Crippen LogP contribution in [0.3, 0.4) is 0 Å². The van der Waals surface area contributed by atoms with E-state index in [-0.39, 0.29) is 6.04 Å². The Morgan fingerprint density at radius 2 is 1.77 bits per heavy atom. The van der Waals surface area contributed by atoms with Gasteiger partial charge in [0.05, 0.1) is 5.56 Å². The number of aryl methyl sites for hydroxylation is 1. The molecule has 22 heavy (non-hydrogen) atoms. The molecule has 0 unspecified atom stereocenters. The summed E-state index contributed by atoms with van der Waals surface area (Å²) in [6.07, 6.45) is 1.63. The molecule has 120 valence electrons. The summed E-state index contributed by atoms with van der Waals surface area (Å²) in [4.78, 5) is 34.7. The van der Waals surface area contributed by atoms with Crippen LogP contribution in [0.15, 0.2) is 24.3 Å². The number of urea groups is 1. The molecule has 0 aromatic heterocycles. The minimum atomic E-state index is -0.667. The van der Waals surface area contributed by atoms with Crippen molar-refractivity contribution >= 4 is 17.9 Å². The van der Waals surface area contributed by atoms with E-state index in [4.69, 9.17) is 4.74 Å². The zero-order valence-corrected chi connectivity index (χ0v) is 13.1. The molecule has 1 rings (SSSR count). The number of benzene rings is 1. The SMILES string of the molecule is CCc1ccc(C(=O)OCC(=O)NC(=O)N[C@H](C)CC)cc1. The van der Waals surface area contributed by atoms with Crippen LogP contribution in [0.2, 0.25) is 0 Å². The van der Waals surface area contributed by atoms with Crippen molar-refractivity contribution < 1.29 is 19.1 Å². The first-order valence-corrected chi connectivity index (χ1v) is 7.32. The van der Waals surface area contributed by atoms with Crippen molar-refractivity contribution in [3.63, 3.8) is 0 Å². The number of rotatable bonds is 6. The van der Waals surface area contributed by atoms with Gasteiger partial charge in [0, 0.05) is 6.04 Å². The fourth-order valence-corrected chi connectivity index (χ4v) is 1.62. The van der Waals surface area contributed by atoms with Gasteiger partial charge in [-0.25, -0.2) is 9.59 Å².